The van der Waals surface area contributed by atoms with Crippen molar-refractivity contribution in [1.82, 2.24) is 0 Å². The van der Waals surface area contributed by atoms with E-state index < -0.39 is 0 Å². The van der Waals surface area contributed by atoms with Gasteiger partial charge in [0.1, 0.15) is 11.5 Å². The molecule has 0 amide bonds. The van der Waals surface area contributed by atoms with Crippen LogP contribution in [0.5, 0.6) is 11.5 Å². The van der Waals surface area contributed by atoms with Gasteiger partial charge in [0.15, 0.2) is 0 Å². The van der Waals surface area contributed by atoms with Gasteiger partial charge in [-0.3, -0.25) is 0 Å². The topological polar surface area (TPSA) is 40.5 Å². The van der Waals surface area contributed by atoms with E-state index in [1.165, 1.54) is 0 Å². The van der Waals surface area contributed by atoms with E-state index in [-0.39, 0.29) is 0 Å². The third kappa shape index (κ3) is 2.46. The lowest BCUT2D eigenvalue weighted by Gasteiger charge is -2.15. The molecule has 0 fully saturated rings. The average molecular weight is 240 g/mol. The molecule has 0 spiro atoms. The van der Waals surface area contributed by atoms with Crippen LogP contribution in [0.15, 0.2) is 4.90 Å². The van der Waals surface area contributed by atoms with Crippen molar-refractivity contribution in [3.63, 3.8) is 0 Å². The zero-order valence-electron chi connectivity index (χ0n) is 10.4. The number of aromatic hydroxyl groups is 2. The summed E-state index contributed by atoms with van der Waals surface area (Å²) in [5, 5.41) is 20.0. The fraction of sp³-hybridized carbons (Fsp3) is 0.538. The minimum atomic E-state index is 0.314. The number of phenolic OH excluding ortho intramolecular Hbond substituents is 2. The highest BCUT2D eigenvalue weighted by Gasteiger charge is 2.16. The lowest BCUT2D eigenvalue weighted by atomic mass is 10.0. The number of benzene rings is 1. The molecule has 0 heterocycles. The molecule has 0 aliphatic heterocycles. The number of rotatable bonds is 4. The van der Waals surface area contributed by atoms with Crippen molar-refractivity contribution in [2.24, 2.45) is 0 Å². The van der Waals surface area contributed by atoms with E-state index in [0.717, 1.165) is 40.2 Å². The normalized spacial score (nSPS) is 10.8. The van der Waals surface area contributed by atoms with E-state index in [1.807, 2.05) is 20.8 Å². The molecule has 0 aliphatic rings. The van der Waals surface area contributed by atoms with Gasteiger partial charge in [0.25, 0.3) is 0 Å². The first-order chi connectivity index (χ1) is 7.50. The van der Waals surface area contributed by atoms with Crippen LogP contribution >= 0.6 is 11.8 Å². The second-order valence-electron chi connectivity index (χ2n) is 4.10. The summed E-state index contributed by atoms with van der Waals surface area (Å²) in [6.45, 7) is 7.67. The molecule has 0 atom stereocenters. The first-order valence-electron chi connectivity index (χ1n) is 5.65. The summed E-state index contributed by atoms with van der Waals surface area (Å²) in [5.74, 6) is 1.62. The van der Waals surface area contributed by atoms with Crippen LogP contribution in [0.2, 0.25) is 0 Å². The van der Waals surface area contributed by atoms with Gasteiger partial charge < -0.3 is 10.2 Å². The van der Waals surface area contributed by atoms with Gasteiger partial charge in [0.2, 0.25) is 0 Å². The van der Waals surface area contributed by atoms with E-state index >= 15 is 0 Å². The van der Waals surface area contributed by atoms with E-state index in [2.05, 4.69) is 6.92 Å². The van der Waals surface area contributed by atoms with Crippen LogP contribution < -0.4 is 0 Å². The second-order valence-corrected chi connectivity index (χ2v) is 5.21. The summed E-state index contributed by atoms with van der Waals surface area (Å²) in [5.41, 5.74) is 2.35. The van der Waals surface area contributed by atoms with E-state index in [4.69, 9.17) is 0 Å². The van der Waals surface area contributed by atoms with Gasteiger partial charge in [0.05, 0.1) is 4.90 Å². The van der Waals surface area contributed by atoms with Crippen LogP contribution in [-0.2, 0) is 0 Å². The molecule has 0 aromatic heterocycles. The number of hydrogen-bond acceptors (Lipinski definition) is 3. The standard InChI is InChI=1S/C13H20O2S/c1-5-6-7-16-13-10(4)11(14)8(2)9(3)12(13)15/h14-15H,5-7H2,1-4H3. The first kappa shape index (κ1) is 13.2. The minimum absolute atomic E-state index is 0.314. The number of phenols is 2. The molecular weight excluding hydrogens is 220 g/mol. The molecule has 0 saturated carbocycles. The summed E-state index contributed by atoms with van der Waals surface area (Å²) < 4.78 is 0. The highest BCUT2D eigenvalue weighted by atomic mass is 32.2. The molecular formula is C13H20O2S. The van der Waals surface area contributed by atoms with Crippen molar-refractivity contribution in [3.05, 3.63) is 16.7 Å². The third-order valence-electron chi connectivity index (χ3n) is 2.93. The van der Waals surface area contributed by atoms with E-state index in [1.54, 1.807) is 11.8 Å². The summed E-state index contributed by atoms with van der Waals surface area (Å²) in [6, 6.07) is 0. The van der Waals surface area contributed by atoms with Crippen LogP contribution in [0.3, 0.4) is 0 Å². The van der Waals surface area contributed by atoms with Crippen molar-refractivity contribution in [2.45, 2.75) is 45.4 Å². The van der Waals surface area contributed by atoms with Gasteiger partial charge in [-0.05, 0) is 44.1 Å². The molecule has 2 N–H and O–H groups in total. The Balaban J connectivity index is 3.08. The monoisotopic (exact) mass is 240 g/mol. The minimum Gasteiger partial charge on any atom is -0.507 e. The molecule has 1 rings (SSSR count). The van der Waals surface area contributed by atoms with Crippen molar-refractivity contribution in [3.8, 4) is 11.5 Å². The molecule has 1 aromatic carbocycles. The maximum Gasteiger partial charge on any atom is 0.132 e. The Morgan fingerprint density at radius 1 is 0.938 bits per heavy atom. The second kappa shape index (κ2) is 5.48. The largest absolute Gasteiger partial charge is 0.507 e. The van der Waals surface area contributed by atoms with Crippen LogP contribution in [0.4, 0.5) is 0 Å². The maximum absolute atomic E-state index is 10.1. The van der Waals surface area contributed by atoms with Gasteiger partial charge in [-0.2, -0.15) is 0 Å². The molecule has 2 nitrogen and oxygen atoms in total. The molecule has 3 heteroatoms. The Bertz CT molecular complexity index is 357. The summed E-state index contributed by atoms with van der Waals surface area (Å²) >= 11 is 1.63. The van der Waals surface area contributed by atoms with E-state index in [9.17, 15) is 10.2 Å². The molecule has 1 aromatic rings. The van der Waals surface area contributed by atoms with Crippen LogP contribution in [0, 0.1) is 20.8 Å². The number of unbranched alkanes of at least 4 members (excludes halogenated alkanes) is 1. The quantitative estimate of drug-likeness (QED) is 0.476. The Kier molecular flexibility index (Phi) is 4.54. The van der Waals surface area contributed by atoms with Crippen LogP contribution in [0.25, 0.3) is 0 Å². The lowest BCUT2D eigenvalue weighted by molar-refractivity contribution is 0.437. The average Bonchev–Trinajstić information content (AvgIpc) is 2.28. The first-order valence-corrected chi connectivity index (χ1v) is 6.63. The molecule has 0 saturated heterocycles. The smallest absolute Gasteiger partial charge is 0.132 e. The molecule has 90 valence electrons. The summed E-state index contributed by atoms with van der Waals surface area (Å²) in [7, 11) is 0. The zero-order valence-corrected chi connectivity index (χ0v) is 11.2. The van der Waals surface area contributed by atoms with Crippen molar-refractivity contribution in [2.75, 3.05) is 5.75 Å². The Hall–Kier alpha value is -0.830. The van der Waals surface area contributed by atoms with Gasteiger partial charge >= 0.3 is 0 Å². The predicted octanol–water partition coefficient (Wildman–Crippen LogP) is 3.92. The van der Waals surface area contributed by atoms with Crippen LogP contribution in [0.1, 0.15) is 36.5 Å². The Morgan fingerprint density at radius 3 is 2.06 bits per heavy atom. The fourth-order valence-corrected chi connectivity index (χ4v) is 2.83. The van der Waals surface area contributed by atoms with Crippen LogP contribution in [-0.4, -0.2) is 16.0 Å². The predicted molar refractivity (Wildman–Crippen MR) is 69.6 cm³/mol. The highest BCUT2D eigenvalue weighted by molar-refractivity contribution is 7.99. The van der Waals surface area contributed by atoms with Gasteiger partial charge in [-0.1, -0.05) is 13.3 Å². The number of thioether (sulfide) groups is 1. The molecule has 0 unspecified atom stereocenters. The van der Waals surface area contributed by atoms with Gasteiger partial charge in [-0.25, -0.2) is 0 Å². The third-order valence-corrected chi connectivity index (χ3v) is 4.21. The lowest BCUT2D eigenvalue weighted by Crippen LogP contribution is -1.92. The maximum atomic E-state index is 10.1. The van der Waals surface area contributed by atoms with Gasteiger partial charge in [0, 0.05) is 5.56 Å². The molecule has 0 bridgehead atoms. The summed E-state index contributed by atoms with van der Waals surface area (Å²) in [4.78, 5) is 0.828. The highest BCUT2D eigenvalue weighted by Crippen LogP contribution is 2.41. The fourth-order valence-electron chi connectivity index (χ4n) is 1.59. The van der Waals surface area contributed by atoms with Crippen molar-refractivity contribution < 1.29 is 10.2 Å². The Morgan fingerprint density at radius 2 is 1.50 bits per heavy atom. The Labute approximate surface area is 102 Å². The van der Waals surface area contributed by atoms with E-state index in [0.29, 0.717) is 11.5 Å². The zero-order chi connectivity index (χ0) is 12.3. The number of hydrogen-bond donors (Lipinski definition) is 2. The van der Waals surface area contributed by atoms with Crippen molar-refractivity contribution >= 4 is 11.8 Å². The molecule has 16 heavy (non-hydrogen) atoms. The SMILES string of the molecule is CCCCSc1c(C)c(O)c(C)c(C)c1O. The van der Waals surface area contributed by atoms with Gasteiger partial charge in [-0.15, -0.1) is 11.8 Å². The summed E-state index contributed by atoms with van der Waals surface area (Å²) in [6.07, 6.45) is 2.26. The van der Waals surface area contributed by atoms with Crippen molar-refractivity contribution in [1.29, 1.82) is 0 Å². The molecule has 0 aliphatic carbocycles. The molecule has 0 radical (unpaired) electrons.